The molecule has 3 atom stereocenters. The molecule has 0 aromatic rings. The van der Waals surface area contributed by atoms with Crippen LogP contribution in [0.15, 0.2) is 0 Å². The largest absolute Gasteiger partial charge is 0.338 e. The van der Waals surface area contributed by atoms with Crippen LogP contribution in [-0.4, -0.2) is 34.5 Å². The maximum Gasteiger partial charge on any atom is 0.222 e. The molecule has 0 aromatic carbocycles. The maximum absolute atomic E-state index is 12.3. The molecular weight excluding hydrogens is 226 g/mol. The van der Waals surface area contributed by atoms with E-state index >= 15 is 0 Å². The Balaban J connectivity index is 2.20. The molecule has 4 heteroatoms. The fraction of sp³-hybridized carbons (Fsp3) is 0.929. The first-order valence-electron chi connectivity index (χ1n) is 7.11. The zero-order valence-corrected chi connectivity index (χ0v) is 11.9. The molecule has 1 aliphatic carbocycles. The van der Waals surface area contributed by atoms with Gasteiger partial charge >= 0.3 is 0 Å². The summed E-state index contributed by atoms with van der Waals surface area (Å²) in [5.74, 6) is 0.610. The van der Waals surface area contributed by atoms with E-state index in [1.165, 1.54) is 0 Å². The molecule has 2 aliphatic rings. The Morgan fingerprint density at radius 3 is 2.50 bits per heavy atom. The molecular formula is C14H27N3O. The zero-order chi connectivity index (χ0) is 13.6. The predicted molar refractivity (Wildman–Crippen MR) is 72.9 cm³/mol. The van der Waals surface area contributed by atoms with E-state index in [1.54, 1.807) is 0 Å². The van der Waals surface area contributed by atoms with Crippen molar-refractivity contribution >= 4 is 5.91 Å². The Bertz CT molecular complexity index is 332. The van der Waals surface area contributed by atoms with Gasteiger partial charge in [0.25, 0.3) is 0 Å². The lowest BCUT2D eigenvalue weighted by Crippen LogP contribution is -2.59. The standard InChI is InChI=1S/C14H27N3O/c1-13(2,15)12(10-9-14(10,3)16)17-8-6-4-5-7-11(17)18/h10,12H,4-9,15-16H2,1-3H3. The molecule has 1 saturated heterocycles. The summed E-state index contributed by atoms with van der Waals surface area (Å²) in [5, 5.41) is 0. The van der Waals surface area contributed by atoms with Crippen molar-refractivity contribution in [2.45, 2.75) is 70.0 Å². The van der Waals surface area contributed by atoms with Crippen LogP contribution in [0.5, 0.6) is 0 Å². The molecule has 0 aromatic heterocycles. The van der Waals surface area contributed by atoms with Crippen LogP contribution in [-0.2, 0) is 4.79 Å². The Hall–Kier alpha value is -0.610. The van der Waals surface area contributed by atoms with Gasteiger partial charge in [0.1, 0.15) is 0 Å². The second-order valence-corrected chi connectivity index (χ2v) is 6.98. The number of hydrogen-bond acceptors (Lipinski definition) is 3. The second kappa shape index (κ2) is 4.49. The lowest BCUT2D eigenvalue weighted by atomic mass is 9.88. The third kappa shape index (κ3) is 2.69. The highest BCUT2D eigenvalue weighted by atomic mass is 16.2. The molecule has 1 saturated carbocycles. The average molecular weight is 253 g/mol. The monoisotopic (exact) mass is 253 g/mol. The van der Waals surface area contributed by atoms with Gasteiger partial charge in [0.05, 0.1) is 6.04 Å². The van der Waals surface area contributed by atoms with Gasteiger partial charge in [-0.1, -0.05) is 6.42 Å². The van der Waals surface area contributed by atoms with Gasteiger partial charge in [0, 0.05) is 30.0 Å². The summed E-state index contributed by atoms with van der Waals surface area (Å²) in [6.45, 7) is 6.95. The number of carbonyl (C=O) groups is 1. The highest BCUT2D eigenvalue weighted by molar-refractivity contribution is 5.77. The summed E-state index contributed by atoms with van der Waals surface area (Å²) < 4.78 is 0. The minimum Gasteiger partial charge on any atom is -0.338 e. The van der Waals surface area contributed by atoms with Gasteiger partial charge in [-0.15, -0.1) is 0 Å². The van der Waals surface area contributed by atoms with Crippen molar-refractivity contribution in [1.29, 1.82) is 0 Å². The first-order chi connectivity index (χ1) is 8.23. The van der Waals surface area contributed by atoms with E-state index in [-0.39, 0.29) is 23.0 Å². The molecule has 4 N–H and O–H groups in total. The number of nitrogens with two attached hydrogens (primary N) is 2. The Morgan fingerprint density at radius 2 is 2.00 bits per heavy atom. The third-order valence-corrected chi connectivity index (χ3v) is 4.44. The van der Waals surface area contributed by atoms with Crippen molar-refractivity contribution in [3.05, 3.63) is 0 Å². The molecule has 2 rings (SSSR count). The van der Waals surface area contributed by atoms with Crippen LogP contribution >= 0.6 is 0 Å². The molecule has 0 radical (unpaired) electrons. The molecule has 3 unspecified atom stereocenters. The molecule has 104 valence electrons. The Kier molecular flexibility index (Phi) is 3.45. The number of rotatable bonds is 3. The van der Waals surface area contributed by atoms with Gasteiger partial charge in [-0.2, -0.15) is 0 Å². The lowest BCUT2D eigenvalue weighted by molar-refractivity contribution is -0.135. The highest BCUT2D eigenvalue weighted by Crippen LogP contribution is 2.47. The molecule has 18 heavy (non-hydrogen) atoms. The SMILES string of the molecule is CC(C)(N)C(C1CC1(C)N)N1CCCCCC1=O. The van der Waals surface area contributed by atoms with E-state index in [0.29, 0.717) is 12.3 Å². The third-order valence-electron chi connectivity index (χ3n) is 4.44. The highest BCUT2D eigenvalue weighted by Gasteiger charge is 2.56. The van der Waals surface area contributed by atoms with Gasteiger partial charge in [-0.05, 0) is 40.0 Å². The van der Waals surface area contributed by atoms with E-state index in [4.69, 9.17) is 11.5 Å². The summed E-state index contributed by atoms with van der Waals surface area (Å²) in [6.07, 6.45) is 4.89. The molecule has 4 nitrogen and oxygen atoms in total. The Labute approximate surface area is 110 Å². The fourth-order valence-corrected chi connectivity index (χ4v) is 3.32. The topological polar surface area (TPSA) is 72.3 Å². The van der Waals surface area contributed by atoms with Crippen molar-refractivity contribution in [3.63, 3.8) is 0 Å². The summed E-state index contributed by atoms with van der Waals surface area (Å²) >= 11 is 0. The fourth-order valence-electron chi connectivity index (χ4n) is 3.32. The van der Waals surface area contributed by atoms with Gasteiger partial charge in [-0.25, -0.2) is 0 Å². The van der Waals surface area contributed by atoms with Crippen molar-refractivity contribution in [3.8, 4) is 0 Å². The van der Waals surface area contributed by atoms with Crippen LogP contribution < -0.4 is 11.5 Å². The van der Waals surface area contributed by atoms with Crippen molar-refractivity contribution in [1.82, 2.24) is 4.90 Å². The zero-order valence-electron chi connectivity index (χ0n) is 11.9. The van der Waals surface area contributed by atoms with E-state index in [0.717, 1.165) is 32.2 Å². The summed E-state index contributed by atoms with van der Waals surface area (Å²) in [6, 6.07) is 0.0816. The smallest absolute Gasteiger partial charge is 0.222 e. The summed E-state index contributed by atoms with van der Waals surface area (Å²) in [7, 11) is 0. The van der Waals surface area contributed by atoms with Crippen LogP contribution in [0.3, 0.4) is 0 Å². The van der Waals surface area contributed by atoms with Crippen molar-refractivity contribution in [2.24, 2.45) is 17.4 Å². The van der Waals surface area contributed by atoms with Crippen LogP contribution in [0.25, 0.3) is 0 Å². The average Bonchev–Trinajstić information content (AvgIpc) is 2.86. The van der Waals surface area contributed by atoms with Gasteiger partial charge in [0.15, 0.2) is 0 Å². The van der Waals surface area contributed by atoms with Crippen LogP contribution in [0.1, 0.15) is 52.9 Å². The summed E-state index contributed by atoms with van der Waals surface area (Å²) in [5.41, 5.74) is 12.0. The lowest BCUT2D eigenvalue weighted by Gasteiger charge is -2.41. The molecule has 2 fully saturated rings. The van der Waals surface area contributed by atoms with E-state index in [1.807, 2.05) is 18.7 Å². The second-order valence-electron chi connectivity index (χ2n) is 6.98. The quantitative estimate of drug-likeness (QED) is 0.794. The first-order valence-corrected chi connectivity index (χ1v) is 7.11. The van der Waals surface area contributed by atoms with Crippen molar-refractivity contribution < 1.29 is 4.79 Å². The molecule has 1 aliphatic heterocycles. The number of hydrogen-bond donors (Lipinski definition) is 2. The number of likely N-dealkylation sites (tertiary alicyclic amines) is 1. The molecule has 1 heterocycles. The number of amides is 1. The van der Waals surface area contributed by atoms with E-state index in [9.17, 15) is 4.79 Å². The normalized spacial score (nSPS) is 35.3. The van der Waals surface area contributed by atoms with E-state index in [2.05, 4.69) is 6.92 Å². The molecule has 0 spiro atoms. The van der Waals surface area contributed by atoms with Crippen LogP contribution in [0.4, 0.5) is 0 Å². The van der Waals surface area contributed by atoms with Crippen LogP contribution in [0, 0.1) is 5.92 Å². The van der Waals surface area contributed by atoms with Gasteiger partial charge in [0.2, 0.25) is 5.91 Å². The minimum atomic E-state index is -0.387. The van der Waals surface area contributed by atoms with Gasteiger partial charge in [-0.3, -0.25) is 4.79 Å². The minimum absolute atomic E-state index is 0.0816. The van der Waals surface area contributed by atoms with Crippen LogP contribution in [0.2, 0.25) is 0 Å². The van der Waals surface area contributed by atoms with Gasteiger partial charge < -0.3 is 16.4 Å². The predicted octanol–water partition coefficient (Wildman–Crippen LogP) is 1.23. The molecule has 0 bridgehead atoms. The van der Waals surface area contributed by atoms with Crippen molar-refractivity contribution in [2.75, 3.05) is 6.54 Å². The molecule has 1 amide bonds. The first kappa shape index (κ1) is 13.8. The number of nitrogens with zero attached hydrogens (tertiary/aromatic N) is 1. The Morgan fingerprint density at radius 1 is 1.39 bits per heavy atom. The number of carbonyl (C=O) groups excluding carboxylic acids is 1. The van der Waals surface area contributed by atoms with E-state index < -0.39 is 0 Å². The summed E-state index contributed by atoms with van der Waals surface area (Å²) in [4.78, 5) is 14.3. The maximum atomic E-state index is 12.3.